The lowest BCUT2D eigenvalue weighted by molar-refractivity contribution is -0.138. The smallest absolute Gasteiger partial charge is 0.251 e. The Hall–Kier alpha value is -2.73. The predicted molar refractivity (Wildman–Crippen MR) is 128 cm³/mol. The standard InChI is InChI=1S/C27H34FN3O2/c1-18-13-21-8-11-31(17-24(21)14-19(18)2)27(33)23-5-4-10-30(16-23)12-9-29-26(32)22-6-7-25(28)20(3)15-22/h6-7,13-15,23H,4-5,8-12,16-17H2,1-3H3,(H,29,32). The van der Waals surface area contributed by atoms with Gasteiger partial charge in [-0.3, -0.25) is 9.59 Å². The third-order valence-electron chi connectivity index (χ3n) is 7.13. The Kier molecular flexibility index (Phi) is 7.13. The fourth-order valence-electron chi connectivity index (χ4n) is 4.98. The van der Waals surface area contributed by atoms with Gasteiger partial charge in [-0.2, -0.15) is 0 Å². The zero-order valence-corrected chi connectivity index (χ0v) is 19.9. The van der Waals surface area contributed by atoms with Gasteiger partial charge in [0.15, 0.2) is 0 Å². The lowest BCUT2D eigenvalue weighted by atomic mass is 9.92. The van der Waals surface area contributed by atoms with Crippen LogP contribution in [0.4, 0.5) is 4.39 Å². The summed E-state index contributed by atoms with van der Waals surface area (Å²) in [5, 5.41) is 2.92. The van der Waals surface area contributed by atoms with Crippen molar-refractivity contribution in [2.24, 2.45) is 5.92 Å². The molecule has 2 aromatic rings. The van der Waals surface area contributed by atoms with Gasteiger partial charge >= 0.3 is 0 Å². The number of aryl methyl sites for hydroxylation is 3. The van der Waals surface area contributed by atoms with Gasteiger partial charge in [-0.05, 0) is 92.6 Å². The fourth-order valence-corrected chi connectivity index (χ4v) is 4.98. The van der Waals surface area contributed by atoms with Gasteiger partial charge in [-0.1, -0.05) is 12.1 Å². The highest BCUT2D eigenvalue weighted by atomic mass is 19.1. The van der Waals surface area contributed by atoms with Crippen molar-refractivity contribution in [2.45, 2.75) is 46.6 Å². The summed E-state index contributed by atoms with van der Waals surface area (Å²) in [6.45, 7) is 10.3. The lowest BCUT2D eigenvalue weighted by Gasteiger charge is -2.37. The van der Waals surface area contributed by atoms with Crippen molar-refractivity contribution in [1.29, 1.82) is 0 Å². The van der Waals surface area contributed by atoms with Crippen LogP contribution in [-0.4, -0.2) is 54.3 Å². The first-order valence-corrected chi connectivity index (χ1v) is 12.0. The highest BCUT2D eigenvalue weighted by Gasteiger charge is 2.31. The second kappa shape index (κ2) is 10.0. The molecule has 6 heteroatoms. The maximum absolute atomic E-state index is 13.4. The van der Waals surface area contributed by atoms with Gasteiger partial charge in [0.25, 0.3) is 5.91 Å². The first kappa shape index (κ1) is 23.4. The molecule has 1 saturated heterocycles. The Morgan fingerprint density at radius 3 is 2.55 bits per heavy atom. The molecule has 33 heavy (non-hydrogen) atoms. The summed E-state index contributed by atoms with van der Waals surface area (Å²) < 4.78 is 13.4. The van der Waals surface area contributed by atoms with Crippen molar-refractivity contribution in [3.05, 3.63) is 69.5 Å². The van der Waals surface area contributed by atoms with E-state index in [0.717, 1.165) is 38.9 Å². The maximum Gasteiger partial charge on any atom is 0.251 e. The zero-order chi connectivity index (χ0) is 23.5. The molecule has 1 atom stereocenters. The Balaban J connectivity index is 1.28. The summed E-state index contributed by atoms with van der Waals surface area (Å²) in [6, 6.07) is 8.91. The number of amides is 2. The summed E-state index contributed by atoms with van der Waals surface area (Å²) in [5.74, 6) is -0.227. The molecule has 2 aliphatic heterocycles. The number of carbonyl (C=O) groups is 2. The largest absolute Gasteiger partial charge is 0.351 e. The van der Waals surface area contributed by atoms with Crippen molar-refractivity contribution in [3.63, 3.8) is 0 Å². The second-order valence-electron chi connectivity index (χ2n) is 9.57. The van der Waals surface area contributed by atoms with E-state index in [4.69, 9.17) is 0 Å². The molecule has 1 N–H and O–H groups in total. The molecule has 4 rings (SSSR count). The number of likely N-dealkylation sites (tertiary alicyclic amines) is 1. The molecule has 1 unspecified atom stereocenters. The van der Waals surface area contributed by atoms with Crippen LogP contribution in [0.1, 0.15) is 51.0 Å². The molecule has 2 heterocycles. The van der Waals surface area contributed by atoms with E-state index >= 15 is 0 Å². The number of fused-ring (bicyclic) bond motifs is 1. The van der Waals surface area contributed by atoms with E-state index in [9.17, 15) is 14.0 Å². The number of nitrogens with one attached hydrogen (secondary N) is 1. The van der Waals surface area contributed by atoms with Crippen LogP contribution in [0.3, 0.4) is 0 Å². The minimum Gasteiger partial charge on any atom is -0.351 e. The highest BCUT2D eigenvalue weighted by Crippen LogP contribution is 2.26. The first-order chi connectivity index (χ1) is 15.8. The van der Waals surface area contributed by atoms with Crippen molar-refractivity contribution < 1.29 is 14.0 Å². The highest BCUT2D eigenvalue weighted by molar-refractivity contribution is 5.94. The number of nitrogens with zero attached hydrogens (tertiary/aromatic N) is 2. The summed E-state index contributed by atoms with van der Waals surface area (Å²) >= 11 is 0. The van der Waals surface area contributed by atoms with Gasteiger partial charge < -0.3 is 15.1 Å². The zero-order valence-electron chi connectivity index (χ0n) is 19.9. The van der Waals surface area contributed by atoms with Gasteiger partial charge in [-0.15, -0.1) is 0 Å². The molecule has 2 aromatic carbocycles. The van der Waals surface area contributed by atoms with Crippen LogP contribution in [0.25, 0.3) is 0 Å². The fraction of sp³-hybridized carbons (Fsp3) is 0.481. The number of rotatable bonds is 5. The van der Waals surface area contributed by atoms with Crippen LogP contribution >= 0.6 is 0 Å². The van der Waals surface area contributed by atoms with Gasteiger partial charge in [0, 0.05) is 38.3 Å². The average Bonchev–Trinajstić information content (AvgIpc) is 2.81. The van der Waals surface area contributed by atoms with E-state index in [0.29, 0.717) is 30.8 Å². The molecule has 0 aromatic heterocycles. The summed E-state index contributed by atoms with van der Waals surface area (Å²) in [7, 11) is 0. The van der Waals surface area contributed by atoms with E-state index in [1.54, 1.807) is 13.0 Å². The molecule has 0 bridgehead atoms. The molecule has 0 radical (unpaired) electrons. The second-order valence-corrected chi connectivity index (χ2v) is 9.57. The van der Waals surface area contributed by atoms with Gasteiger partial charge in [0.05, 0.1) is 5.92 Å². The van der Waals surface area contributed by atoms with Crippen LogP contribution in [0.5, 0.6) is 0 Å². The van der Waals surface area contributed by atoms with Crippen LogP contribution in [0.15, 0.2) is 30.3 Å². The molecular formula is C27H34FN3O2. The monoisotopic (exact) mass is 451 g/mol. The Morgan fingerprint density at radius 2 is 1.79 bits per heavy atom. The normalized spacial score (nSPS) is 18.7. The maximum atomic E-state index is 13.4. The van der Waals surface area contributed by atoms with E-state index < -0.39 is 0 Å². The summed E-state index contributed by atoms with van der Waals surface area (Å²) in [5.41, 5.74) is 6.19. The lowest BCUT2D eigenvalue weighted by Crippen LogP contribution is -2.47. The number of halogens is 1. The minimum atomic E-state index is -0.307. The van der Waals surface area contributed by atoms with Gasteiger partial charge in [0.1, 0.15) is 5.82 Å². The van der Waals surface area contributed by atoms with E-state index in [1.165, 1.54) is 34.4 Å². The average molecular weight is 452 g/mol. The van der Waals surface area contributed by atoms with Crippen LogP contribution in [0, 0.1) is 32.5 Å². The SMILES string of the molecule is Cc1cc2c(cc1C)CN(C(=O)C1CCCN(CCNC(=O)c3ccc(F)c(C)c3)C1)CC2. The van der Waals surface area contributed by atoms with E-state index in [-0.39, 0.29) is 23.5 Å². The molecule has 0 saturated carbocycles. The van der Waals surface area contributed by atoms with Crippen molar-refractivity contribution >= 4 is 11.8 Å². The molecular weight excluding hydrogens is 417 g/mol. The third kappa shape index (κ3) is 5.44. The summed E-state index contributed by atoms with van der Waals surface area (Å²) in [6.07, 6.45) is 2.84. The van der Waals surface area contributed by atoms with E-state index in [1.807, 2.05) is 4.90 Å². The summed E-state index contributed by atoms with van der Waals surface area (Å²) in [4.78, 5) is 30.0. The van der Waals surface area contributed by atoms with E-state index in [2.05, 4.69) is 36.2 Å². The molecule has 2 amide bonds. The number of hydrogen-bond donors (Lipinski definition) is 1. The van der Waals surface area contributed by atoms with Crippen molar-refractivity contribution in [3.8, 4) is 0 Å². The quantitative estimate of drug-likeness (QED) is 0.753. The molecule has 0 spiro atoms. The van der Waals surface area contributed by atoms with Crippen LogP contribution < -0.4 is 5.32 Å². The van der Waals surface area contributed by atoms with Crippen LogP contribution in [-0.2, 0) is 17.8 Å². The first-order valence-electron chi connectivity index (χ1n) is 12.0. The number of benzene rings is 2. The Morgan fingerprint density at radius 1 is 1.03 bits per heavy atom. The molecule has 1 fully saturated rings. The molecule has 2 aliphatic rings. The van der Waals surface area contributed by atoms with Crippen LogP contribution in [0.2, 0.25) is 0 Å². The van der Waals surface area contributed by atoms with Gasteiger partial charge in [-0.25, -0.2) is 4.39 Å². The number of piperidine rings is 1. The number of hydrogen-bond acceptors (Lipinski definition) is 3. The minimum absolute atomic E-state index is 0.0160. The molecule has 5 nitrogen and oxygen atoms in total. The van der Waals surface area contributed by atoms with Crippen molar-refractivity contribution in [2.75, 3.05) is 32.7 Å². The number of carbonyl (C=O) groups excluding carboxylic acids is 2. The van der Waals surface area contributed by atoms with Gasteiger partial charge in [0.2, 0.25) is 5.91 Å². The predicted octanol–water partition coefficient (Wildman–Crippen LogP) is 3.78. The van der Waals surface area contributed by atoms with Crippen molar-refractivity contribution in [1.82, 2.24) is 15.1 Å². The Labute approximate surface area is 196 Å². The molecule has 0 aliphatic carbocycles. The topological polar surface area (TPSA) is 52.7 Å². The Bertz CT molecular complexity index is 1050. The molecule has 176 valence electrons. The third-order valence-corrected chi connectivity index (χ3v) is 7.13.